The van der Waals surface area contributed by atoms with Crippen LogP contribution in [0.2, 0.25) is 0 Å². The SMILES string of the molecule is CCC(CC)N(CC(F)(F)F)S(=O)(=O)CCCCCl. The van der Waals surface area contributed by atoms with Crippen LogP contribution in [-0.4, -0.2) is 43.1 Å². The second-order valence-electron chi connectivity index (χ2n) is 4.34. The highest BCUT2D eigenvalue weighted by Crippen LogP contribution is 2.23. The zero-order chi connectivity index (χ0) is 15.1. The molecule has 0 N–H and O–H groups in total. The summed E-state index contributed by atoms with van der Waals surface area (Å²) in [5.74, 6) is 0.0199. The predicted molar refractivity (Wildman–Crippen MR) is 70.9 cm³/mol. The molecule has 0 saturated heterocycles. The van der Waals surface area contributed by atoms with E-state index in [9.17, 15) is 21.6 Å². The highest BCUT2D eigenvalue weighted by atomic mass is 35.5. The molecule has 8 heteroatoms. The Morgan fingerprint density at radius 2 is 1.68 bits per heavy atom. The van der Waals surface area contributed by atoms with Crippen molar-refractivity contribution in [1.29, 1.82) is 0 Å². The Morgan fingerprint density at radius 3 is 2.05 bits per heavy atom. The van der Waals surface area contributed by atoms with Gasteiger partial charge in [-0.2, -0.15) is 17.5 Å². The molecule has 0 atom stereocenters. The van der Waals surface area contributed by atoms with Gasteiger partial charge in [0.25, 0.3) is 0 Å². The molecule has 0 spiro atoms. The fourth-order valence-electron chi connectivity index (χ4n) is 1.82. The summed E-state index contributed by atoms with van der Waals surface area (Å²) in [6, 6.07) is -0.609. The van der Waals surface area contributed by atoms with E-state index in [1.54, 1.807) is 13.8 Å². The van der Waals surface area contributed by atoms with E-state index in [1.807, 2.05) is 0 Å². The van der Waals surface area contributed by atoms with Crippen molar-refractivity contribution in [3.05, 3.63) is 0 Å². The quantitative estimate of drug-likeness (QED) is 0.482. The van der Waals surface area contributed by atoms with Gasteiger partial charge < -0.3 is 0 Å². The summed E-state index contributed by atoms with van der Waals surface area (Å²) in [6.07, 6.45) is -3.05. The molecule has 19 heavy (non-hydrogen) atoms. The van der Waals surface area contributed by atoms with Crippen molar-refractivity contribution in [2.24, 2.45) is 0 Å². The van der Waals surface area contributed by atoms with Crippen LogP contribution < -0.4 is 0 Å². The number of alkyl halides is 4. The second-order valence-corrected chi connectivity index (χ2v) is 6.76. The third-order valence-corrected chi connectivity index (χ3v) is 5.04. The minimum Gasteiger partial charge on any atom is -0.212 e. The summed E-state index contributed by atoms with van der Waals surface area (Å²) < 4.78 is 62.2. The van der Waals surface area contributed by atoms with E-state index in [1.165, 1.54) is 0 Å². The van der Waals surface area contributed by atoms with Gasteiger partial charge in [-0.3, -0.25) is 0 Å². The van der Waals surface area contributed by atoms with E-state index >= 15 is 0 Å². The lowest BCUT2D eigenvalue weighted by atomic mass is 10.2. The lowest BCUT2D eigenvalue weighted by Crippen LogP contribution is -2.46. The summed E-state index contributed by atoms with van der Waals surface area (Å²) >= 11 is 5.45. The first kappa shape index (κ1) is 19.0. The Morgan fingerprint density at radius 1 is 1.16 bits per heavy atom. The van der Waals surface area contributed by atoms with Crippen molar-refractivity contribution < 1.29 is 21.6 Å². The van der Waals surface area contributed by atoms with Gasteiger partial charge in [0.15, 0.2) is 0 Å². The molecule has 3 nitrogen and oxygen atoms in total. The van der Waals surface area contributed by atoms with Crippen LogP contribution >= 0.6 is 11.6 Å². The highest BCUT2D eigenvalue weighted by molar-refractivity contribution is 7.89. The first-order valence-electron chi connectivity index (χ1n) is 6.30. The monoisotopic (exact) mass is 323 g/mol. The van der Waals surface area contributed by atoms with Gasteiger partial charge >= 0.3 is 6.18 Å². The van der Waals surface area contributed by atoms with Crippen LogP contribution in [-0.2, 0) is 10.0 Å². The van der Waals surface area contributed by atoms with Crippen LogP contribution in [0.5, 0.6) is 0 Å². The molecule has 0 aliphatic rings. The Hall–Kier alpha value is -0.0100. The summed E-state index contributed by atoms with van der Waals surface area (Å²) in [6.45, 7) is 1.96. The van der Waals surface area contributed by atoms with Crippen molar-refractivity contribution in [1.82, 2.24) is 4.31 Å². The number of rotatable bonds is 9. The molecule has 0 fully saturated rings. The predicted octanol–water partition coefficient (Wildman–Crippen LogP) is 3.39. The summed E-state index contributed by atoms with van der Waals surface area (Å²) in [5.41, 5.74) is 0. The standard InChI is InChI=1S/C11H21ClF3NO2S/c1-3-10(4-2)16(9-11(13,14)15)19(17,18)8-6-5-7-12/h10H,3-9H2,1-2H3. The van der Waals surface area contributed by atoms with Crippen LogP contribution in [0.3, 0.4) is 0 Å². The normalized spacial score (nSPS) is 13.5. The molecule has 0 radical (unpaired) electrons. The molecule has 0 amide bonds. The number of nitrogens with zero attached hydrogens (tertiary/aromatic N) is 1. The minimum absolute atomic E-state index is 0.278. The van der Waals surface area contributed by atoms with Crippen LogP contribution in [0.25, 0.3) is 0 Å². The smallest absolute Gasteiger partial charge is 0.212 e. The molecule has 116 valence electrons. The van der Waals surface area contributed by atoms with Gasteiger partial charge in [0.1, 0.15) is 6.54 Å². The van der Waals surface area contributed by atoms with Gasteiger partial charge in [0.2, 0.25) is 10.0 Å². The van der Waals surface area contributed by atoms with Crippen LogP contribution in [0.1, 0.15) is 39.5 Å². The lowest BCUT2D eigenvalue weighted by molar-refractivity contribution is -0.139. The number of hydrogen-bond acceptors (Lipinski definition) is 2. The van der Waals surface area contributed by atoms with E-state index in [0.29, 0.717) is 29.4 Å². The Labute approximate surface area is 118 Å². The van der Waals surface area contributed by atoms with Gasteiger partial charge in [-0.1, -0.05) is 13.8 Å². The average molecular weight is 324 g/mol. The zero-order valence-electron chi connectivity index (χ0n) is 11.2. The third-order valence-electron chi connectivity index (χ3n) is 2.83. The van der Waals surface area contributed by atoms with E-state index < -0.39 is 28.8 Å². The van der Waals surface area contributed by atoms with Gasteiger partial charge in [-0.15, -0.1) is 11.6 Å². The highest BCUT2D eigenvalue weighted by Gasteiger charge is 2.38. The molecule has 0 rings (SSSR count). The first-order valence-corrected chi connectivity index (χ1v) is 8.44. The number of unbranched alkanes of at least 4 members (excludes halogenated alkanes) is 1. The van der Waals surface area contributed by atoms with Crippen molar-refractivity contribution in [3.63, 3.8) is 0 Å². The number of sulfonamides is 1. The minimum atomic E-state index is -4.53. The van der Waals surface area contributed by atoms with Crippen molar-refractivity contribution >= 4 is 21.6 Å². The fraction of sp³-hybridized carbons (Fsp3) is 1.00. The van der Waals surface area contributed by atoms with Crippen LogP contribution in [0, 0.1) is 0 Å². The van der Waals surface area contributed by atoms with Gasteiger partial charge in [0, 0.05) is 11.9 Å². The molecular formula is C11H21ClF3NO2S. The van der Waals surface area contributed by atoms with Crippen molar-refractivity contribution in [2.45, 2.75) is 51.7 Å². The molecule has 0 heterocycles. The summed E-state index contributed by atoms with van der Waals surface area (Å²) in [4.78, 5) is 0. The molecule has 0 saturated carbocycles. The molecule has 0 aliphatic carbocycles. The average Bonchev–Trinajstić information content (AvgIpc) is 2.28. The molecular weight excluding hydrogens is 303 g/mol. The third kappa shape index (κ3) is 7.37. The van der Waals surface area contributed by atoms with Gasteiger partial charge in [-0.25, -0.2) is 8.42 Å². The van der Waals surface area contributed by atoms with E-state index in [4.69, 9.17) is 11.6 Å². The zero-order valence-corrected chi connectivity index (χ0v) is 12.8. The molecule has 0 aliphatic heterocycles. The molecule has 0 aromatic heterocycles. The Bertz CT molecular complexity index is 342. The Balaban J connectivity index is 5.00. The lowest BCUT2D eigenvalue weighted by Gasteiger charge is -2.30. The fourth-order valence-corrected chi connectivity index (χ4v) is 3.91. The van der Waals surface area contributed by atoms with E-state index in [0.717, 1.165) is 0 Å². The van der Waals surface area contributed by atoms with Gasteiger partial charge in [-0.05, 0) is 25.7 Å². The maximum Gasteiger partial charge on any atom is 0.402 e. The van der Waals surface area contributed by atoms with E-state index in [-0.39, 0.29) is 12.2 Å². The van der Waals surface area contributed by atoms with E-state index in [2.05, 4.69) is 0 Å². The number of hydrogen-bond donors (Lipinski definition) is 0. The molecule has 0 unspecified atom stereocenters. The summed E-state index contributed by atoms with van der Waals surface area (Å²) in [5, 5.41) is 0. The largest absolute Gasteiger partial charge is 0.402 e. The van der Waals surface area contributed by atoms with Gasteiger partial charge in [0.05, 0.1) is 5.75 Å². The van der Waals surface area contributed by atoms with Crippen LogP contribution in [0.15, 0.2) is 0 Å². The topological polar surface area (TPSA) is 37.4 Å². The number of halogens is 4. The Kier molecular flexibility index (Phi) is 8.31. The van der Waals surface area contributed by atoms with Crippen LogP contribution in [0.4, 0.5) is 13.2 Å². The van der Waals surface area contributed by atoms with Crippen molar-refractivity contribution in [2.75, 3.05) is 18.2 Å². The second kappa shape index (κ2) is 8.32. The molecule has 0 bridgehead atoms. The maximum absolute atomic E-state index is 12.5. The molecule has 0 aromatic rings. The molecule has 0 aromatic carbocycles. The maximum atomic E-state index is 12.5. The van der Waals surface area contributed by atoms with Crippen molar-refractivity contribution in [3.8, 4) is 0 Å². The first-order chi connectivity index (χ1) is 8.68. The summed E-state index contributed by atoms with van der Waals surface area (Å²) in [7, 11) is -3.90.